The zero-order chi connectivity index (χ0) is 14.4. The van der Waals surface area contributed by atoms with Gasteiger partial charge in [-0.05, 0) is 30.6 Å². The molecule has 0 radical (unpaired) electrons. The Morgan fingerprint density at radius 3 is 3.44 bits per heavy atom. The van der Waals surface area contributed by atoms with Crippen LogP contribution in [0.1, 0.15) is 37.8 Å². The first kappa shape index (κ1) is 1.36. The first-order valence-corrected chi connectivity index (χ1v) is 2.53. The highest BCUT2D eigenvalue weighted by molar-refractivity contribution is 5.98. The van der Waals surface area contributed by atoms with Gasteiger partial charge in [-0.2, -0.15) is 0 Å². The van der Waals surface area contributed by atoms with Gasteiger partial charge in [-0.1, -0.05) is 6.08 Å². The Bertz CT molecular complexity index is 477. The molecule has 2 aliphatic carbocycles. The minimum Gasteiger partial charge on any atom is -0.295 e. The van der Waals surface area contributed by atoms with E-state index in [9.17, 15) is 4.79 Å². The van der Waals surface area contributed by atoms with E-state index in [1.165, 1.54) is 0 Å². The molecular formula is C8H10O. The SMILES string of the molecule is [2H]C1([2H])C=C2C(=O)C([2H])([2H])C([2H])([2H])C2([2H])C1([2H])[2H]. The largest absolute Gasteiger partial charge is 0.295 e. The number of allylic oxidation sites excluding steroid dienone is 2. The van der Waals surface area contributed by atoms with Gasteiger partial charge in [-0.25, -0.2) is 0 Å². The van der Waals surface area contributed by atoms with Crippen LogP contribution in [0.5, 0.6) is 0 Å². The minimum atomic E-state index is -3.14. The standard InChI is InChI=1S/C8H10O/c9-8-5-4-6-2-1-3-7(6)8/h3,6H,1-2,4-5H2/i1D2,2D2,4D2,5D2,6D. The maximum atomic E-state index is 11.8. The lowest BCUT2D eigenvalue weighted by Gasteiger charge is -1.97. The van der Waals surface area contributed by atoms with E-state index in [4.69, 9.17) is 12.3 Å². The van der Waals surface area contributed by atoms with Crippen molar-refractivity contribution >= 4 is 5.78 Å². The topological polar surface area (TPSA) is 17.1 Å². The molecular weight excluding hydrogens is 112 g/mol. The number of carbonyl (C=O) groups is 1. The summed E-state index contributed by atoms with van der Waals surface area (Å²) in [5.41, 5.74) is -0.757. The molecule has 2 rings (SSSR count). The third-order valence-electron chi connectivity index (χ3n) is 1.23. The molecule has 1 saturated carbocycles. The summed E-state index contributed by atoms with van der Waals surface area (Å²) in [4.78, 5) is 11.8. The van der Waals surface area contributed by atoms with Gasteiger partial charge in [0.05, 0.1) is 0 Å². The van der Waals surface area contributed by atoms with Crippen LogP contribution >= 0.6 is 0 Å². The van der Waals surface area contributed by atoms with Crippen molar-refractivity contribution in [2.45, 2.75) is 25.5 Å². The average molecular weight is 131 g/mol. The van der Waals surface area contributed by atoms with E-state index < -0.39 is 42.7 Å². The number of ketones is 1. The van der Waals surface area contributed by atoms with Crippen LogP contribution in [0, 0.1) is 5.89 Å². The highest BCUT2D eigenvalue weighted by Crippen LogP contribution is 2.36. The van der Waals surface area contributed by atoms with Gasteiger partial charge in [0.15, 0.2) is 5.78 Å². The molecule has 0 N–H and O–H groups in total. The molecule has 48 valence electrons. The number of hydrogen-bond donors (Lipinski definition) is 0. The second-order valence-electron chi connectivity index (χ2n) is 1.78. The van der Waals surface area contributed by atoms with Gasteiger partial charge in [0, 0.05) is 18.7 Å². The summed E-state index contributed by atoms with van der Waals surface area (Å²) in [7, 11) is 0. The predicted molar refractivity (Wildman–Crippen MR) is 35.0 cm³/mol. The first-order valence-electron chi connectivity index (χ1n) is 7.03. The van der Waals surface area contributed by atoms with E-state index in [0.717, 1.165) is 0 Å². The molecule has 0 saturated heterocycles. The summed E-state index contributed by atoms with van der Waals surface area (Å²) in [6, 6.07) is 0. The van der Waals surface area contributed by atoms with Crippen molar-refractivity contribution in [3.63, 3.8) is 0 Å². The molecule has 2 aliphatic rings. The molecule has 0 aliphatic heterocycles. The minimum absolute atomic E-state index is 0.547. The number of Topliss-reactive ketones (excluding diaryl/α,β-unsaturated/α-hetero) is 1. The molecule has 0 aromatic carbocycles. The molecule has 0 spiro atoms. The fraction of sp³-hybridized carbons (Fsp3) is 0.625. The van der Waals surface area contributed by atoms with Crippen molar-refractivity contribution in [1.82, 2.24) is 0 Å². The Balaban J connectivity index is 2.82. The van der Waals surface area contributed by atoms with Gasteiger partial charge >= 0.3 is 0 Å². The van der Waals surface area contributed by atoms with Gasteiger partial charge in [-0.3, -0.25) is 4.79 Å². The summed E-state index contributed by atoms with van der Waals surface area (Å²) in [6.45, 7) is 0. The monoisotopic (exact) mass is 131 g/mol. The van der Waals surface area contributed by atoms with Crippen molar-refractivity contribution in [3.05, 3.63) is 11.6 Å². The summed E-state index contributed by atoms with van der Waals surface area (Å²) in [6.07, 6.45) is -11.4. The lowest BCUT2D eigenvalue weighted by atomic mass is 10.1. The van der Waals surface area contributed by atoms with Crippen LogP contribution in [0.15, 0.2) is 11.6 Å². The number of rotatable bonds is 0. The first-order chi connectivity index (χ1) is 7.75. The normalized spacial score (nSPS) is 78.0. The maximum absolute atomic E-state index is 11.8. The lowest BCUT2D eigenvalue weighted by molar-refractivity contribution is -0.114. The molecule has 1 nitrogen and oxygen atoms in total. The summed E-state index contributed by atoms with van der Waals surface area (Å²) < 4.78 is 68.2. The Morgan fingerprint density at radius 1 is 1.78 bits per heavy atom. The fourth-order valence-electron chi connectivity index (χ4n) is 0.784. The Morgan fingerprint density at radius 2 is 2.67 bits per heavy atom. The van der Waals surface area contributed by atoms with Crippen LogP contribution in [-0.2, 0) is 4.79 Å². The van der Waals surface area contributed by atoms with Crippen LogP contribution in [-0.4, -0.2) is 5.78 Å². The molecule has 0 amide bonds. The third kappa shape index (κ3) is 0.640. The number of fused-ring (bicyclic) bond motifs is 1. The van der Waals surface area contributed by atoms with Crippen LogP contribution in [0.3, 0.4) is 0 Å². The second kappa shape index (κ2) is 1.69. The van der Waals surface area contributed by atoms with Crippen LogP contribution in [0.4, 0.5) is 0 Å². The van der Waals surface area contributed by atoms with Crippen molar-refractivity contribution < 1.29 is 17.1 Å². The van der Waals surface area contributed by atoms with Crippen molar-refractivity contribution in [1.29, 1.82) is 0 Å². The Labute approximate surface area is 67.4 Å². The van der Waals surface area contributed by atoms with E-state index in [2.05, 4.69) is 0 Å². The zero-order valence-electron chi connectivity index (χ0n) is 13.5. The molecule has 0 aromatic heterocycles. The number of carbonyl (C=O) groups excluding carboxylic acids is 1. The quantitative estimate of drug-likeness (QED) is 0.489. The molecule has 1 atom stereocenters. The highest BCUT2D eigenvalue weighted by atomic mass is 16.1. The van der Waals surface area contributed by atoms with Gasteiger partial charge in [0.25, 0.3) is 0 Å². The van der Waals surface area contributed by atoms with Crippen LogP contribution in [0.2, 0.25) is 0 Å². The fourth-order valence-corrected chi connectivity index (χ4v) is 0.784. The van der Waals surface area contributed by atoms with Gasteiger partial charge in [0.2, 0.25) is 0 Å². The van der Waals surface area contributed by atoms with Crippen molar-refractivity contribution in [2.24, 2.45) is 5.89 Å². The summed E-state index contributed by atoms with van der Waals surface area (Å²) in [5.74, 6) is -4.24. The molecule has 0 aromatic rings. The van der Waals surface area contributed by atoms with Crippen LogP contribution < -0.4 is 0 Å². The Kier molecular flexibility index (Phi) is 0.256. The molecule has 1 unspecified atom stereocenters. The zero-order valence-corrected chi connectivity index (χ0v) is 4.49. The average Bonchev–Trinajstić information content (AvgIpc) is 2.40. The van der Waals surface area contributed by atoms with E-state index in [0.29, 0.717) is 6.08 Å². The molecule has 1 heteroatoms. The predicted octanol–water partition coefficient (Wildman–Crippen LogP) is 1.69. The van der Waals surface area contributed by atoms with Crippen molar-refractivity contribution in [3.8, 4) is 0 Å². The van der Waals surface area contributed by atoms with Gasteiger partial charge in [0.1, 0.15) is 0 Å². The maximum Gasteiger partial charge on any atom is 0.158 e. The number of hydrogen-bond acceptors (Lipinski definition) is 1. The molecule has 0 bridgehead atoms. The van der Waals surface area contributed by atoms with Gasteiger partial charge in [-0.15, -0.1) is 0 Å². The van der Waals surface area contributed by atoms with E-state index in [-0.39, 0.29) is 0 Å². The van der Waals surface area contributed by atoms with E-state index >= 15 is 0 Å². The third-order valence-corrected chi connectivity index (χ3v) is 1.23. The molecule has 1 fully saturated rings. The van der Waals surface area contributed by atoms with Crippen LogP contribution in [0.25, 0.3) is 0 Å². The summed E-state index contributed by atoms with van der Waals surface area (Å²) in [5, 5.41) is 0. The van der Waals surface area contributed by atoms with Gasteiger partial charge < -0.3 is 0 Å². The summed E-state index contributed by atoms with van der Waals surface area (Å²) >= 11 is 0. The smallest absolute Gasteiger partial charge is 0.158 e. The molecule has 0 heterocycles. The second-order valence-corrected chi connectivity index (χ2v) is 1.78. The Hall–Kier alpha value is -0.590. The van der Waals surface area contributed by atoms with E-state index in [1.807, 2.05) is 0 Å². The van der Waals surface area contributed by atoms with E-state index in [1.54, 1.807) is 0 Å². The van der Waals surface area contributed by atoms with Crippen molar-refractivity contribution in [2.75, 3.05) is 0 Å². The highest BCUT2D eigenvalue weighted by Gasteiger charge is 2.30. The molecule has 9 heavy (non-hydrogen) atoms. The lowest BCUT2D eigenvalue weighted by Crippen LogP contribution is -1.93.